The second-order valence-corrected chi connectivity index (χ2v) is 2.02. The van der Waals surface area contributed by atoms with Crippen molar-refractivity contribution in [1.29, 1.82) is 0 Å². The Morgan fingerprint density at radius 1 is 1.57 bits per heavy atom. The predicted octanol–water partition coefficient (Wildman–Crippen LogP) is -2.54. The number of hydrogen-bond acceptors (Lipinski definition) is 2. The molecule has 7 heteroatoms. The first-order valence-corrected chi connectivity index (χ1v) is 2.70. The Morgan fingerprint density at radius 3 is 1.71 bits per heavy atom. The van der Waals surface area contributed by atoms with Crippen LogP contribution in [0.4, 0.5) is 0 Å². The van der Waals surface area contributed by atoms with Crippen LogP contribution >= 0.6 is 7.82 Å². The fourth-order valence-electron chi connectivity index (χ4n) is 0. The van der Waals surface area contributed by atoms with Crippen LogP contribution < -0.4 is 0 Å². The van der Waals surface area contributed by atoms with Crippen molar-refractivity contribution >= 4 is 35.7 Å². The molecule has 0 saturated carbocycles. The van der Waals surface area contributed by atoms with Crippen LogP contribution in [0.1, 0.15) is 0 Å². The van der Waals surface area contributed by atoms with E-state index in [1.54, 1.807) is 0 Å². The second kappa shape index (κ2) is 3.77. The Morgan fingerprint density at radius 2 is 1.71 bits per heavy atom. The molecule has 0 aromatic rings. The van der Waals surface area contributed by atoms with Crippen molar-refractivity contribution in [2.75, 3.05) is 0 Å². The minimum absolute atomic E-state index is 0. The van der Waals surface area contributed by atoms with E-state index in [1.165, 1.54) is 0 Å². The van der Waals surface area contributed by atoms with Gasteiger partial charge in [-0.05, 0) is 0 Å². The van der Waals surface area contributed by atoms with Gasteiger partial charge in [-0.1, -0.05) is 0 Å². The van der Waals surface area contributed by atoms with Gasteiger partial charge in [0.1, 0.15) is 0 Å². The molecule has 42 valence electrons. The second-order valence-electron chi connectivity index (χ2n) is 0.673. The van der Waals surface area contributed by atoms with E-state index in [2.05, 4.69) is 4.44 Å². The Kier molecular flexibility index (Phi) is 5.78. The van der Waals surface area contributed by atoms with Gasteiger partial charge in [-0.25, -0.2) is 4.57 Å². The van der Waals surface area contributed by atoms with Gasteiger partial charge >= 0.3 is 27.6 Å². The summed E-state index contributed by atoms with van der Waals surface area (Å²) in [6, 6.07) is 0. The molecule has 0 rings (SSSR count). The van der Waals surface area contributed by atoms with Crippen LogP contribution in [-0.2, 0) is 9.01 Å². The minimum atomic E-state index is -4.15. The van der Waals surface area contributed by atoms with Crippen molar-refractivity contribution in [3.05, 3.63) is 0 Å². The number of phosphoric acid groups is 1. The zero-order chi connectivity index (χ0) is 5.21. The number of hydrogen-bond donors (Lipinski definition) is 2. The molecule has 0 aliphatic rings. The summed E-state index contributed by atoms with van der Waals surface area (Å²) < 4.78 is 13.1. The van der Waals surface area contributed by atoms with E-state index >= 15 is 0 Å². The van der Waals surface area contributed by atoms with Crippen LogP contribution in [0.5, 0.6) is 0 Å². The zero-order valence-corrected chi connectivity index (χ0v) is 4.05. The molecular weight excluding hydrogens is 176 g/mol. The van der Waals surface area contributed by atoms with Gasteiger partial charge in [-0.2, -0.15) is 0 Å². The van der Waals surface area contributed by atoms with Crippen molar-refractivity contribution in [2.45, 2.75) is 0 Å². The third kappa shape index (κ3) is 10.9. The average Bonchev–Trinajstić information content (AvgIpc) is 1.35. The molecule has 4 nitrogen and oxygen atoms in total. The molecule has 0 atom stereocenters. The third-order valence-electron chi connectivity index (χ3n) is 0.238. The molecule has 0 fully saturated rings. The van der Waals surface area contributed by atoms with Gasteiger partial charge in [0.15, 0.2) is 0 Å². The SMILES string of the molecule is BOP(=O)(O)O.[GaH3]. The summed E-state index contributed by atoms with van der Waals surface area (Å²) >= 11 is 0. The van der Waals surface area contributed by atoms with Crippen molar-refractivity contribution < 1.29 is 18.8 Å². The Bertz CT molecular complexity index is 75.8. The molecule has 0 aromatic carbocycles. The fourth-order valence-corrected chi connectivity index (χ4v) is 0. The average molecular weight is 183 g/mol. The number of rotatable bonds is 1. The van der Waals surface area contributed by atoms with E-state index in [0.717, 1.165) is 8.05 Å². The molecule has 0 unspecified atom stereocenters. The summed E-state index contributed by atoms with van der Waals surface area (Å²) in [5.41, 5.74) is 0. The molecule has 0 aromatic heterocycles. The summed E-state index contributed by atoms with van der Waals surface area (Å²) in [6.07, 6.45) is 0. The zero-order valence-electron chi connectivity index (χ0n) is 3.16. The van der Waals surface area contributed by atoms with Gasteiger partial charge in [0.2, 0.25) is 0 Å². The molecule has 7 heavy (non-hydrogen) atoms. The quantitative estimate of drug-likeness (QED) is 0.347. The molecule has 0 aliphatic carbocycles. The van der Waals surface area contributed by atoms with Crippen LogP contribution in [-0.4, -0.2) is 37.6 Å². The first kappa shape index (κ1) is 10.7. The monoisotopic (exact) mass is 182 g/mol. The maximum absolute atomic E-state index is 9.47. The fraction of sp³-hybridized carbons (Fsp3) is 0. The van der Waals surface area contributed by atoms with Gasteiger partial charge in [-0.3, -0.25) is 0 Å². The summed E-state index contributed by atoms with van der Waals surface area (Å²) in [5, 5.41) is 0. The summed E-state index contributed by atoms with van der Waals surface area (Å²) in [5.74, 6) is 0. The van der Waals surface area contributed by atoms with Crippen molar-refractivity contribution in [1.82, 2.24) is 0 Å². The van der Waals surface area contributed by atoms with E-state index in [-0.39, 0.29) is 19.8 Å². The Labute approximate surface area is 55.0 Å². The predicted molar refractivity (Wildman–Crippen MR) is 31.6 cm³/mol. The van der Waals surface area contributed by atoms with Crippen LogP contribution in [0.25, 0.3) is 0 Å². The first-order chi connectivity index (χ1) is 2.56. The Balaban J connectivity index is 0. The topological polar surface area (TPSA) is 66.8 Å². The van der Waals surface area contributed by atoms with E-state index in [9.17, 15) is 4.57 Å². The maximum atomic E-state index is 9.47. The normalized spacial score (nSPS) is 10.0. The molecule has 0 spiro atoms. The first-order valence-electron chi connectivity index (χ1n) is 1.17. The Hall–Kier alpha value is 0.811. The summed E-state index contributed by atoms with van der Waals surface area (Å²) in [6.45, 7) is 0. The third-order valence-corrected chi connectivity index (χ3v) is 0.714. The van der Waals surface area contributed by atoms with E-state index in [0.29, 0.717) is 0 Å². The van der Waals surface area contributed by atoms with Gasteiger partial charge in [0.25, 0.3) is 8.05 Å². The summed E-state index contributed by atoms with van der Waals surface area (Å²) in [4.78, 5) is 15.4. The van der Waals surface area contributed by atoms with Gasteiger partial charge < -0.3 is 14.2 Å². The molecule has 0 radical (unpaired) electrons. The van der Waals surface area contributed by atoms with Crippen LogP contribution in [0.2, 0.25) is 0 Å². The van der Waals surface area contributed by atoms with Crippen molar-refractivity contribution in [2.24, 2.45) is 0 Å². The van der Waals surface area contributed by atoms with E-state index < -0.39 is 7.82 Å². The molecule has 0 aliphatic heterocycles. The van der Waals surface area contributed by atoms with Gasteiger partial charge in [-0.15, -0.1) is 0 Å². The molecular formula is H7BGaO4P. The van der Waals surface area contributed by atoms with Crippen LogP contribution in [0.3, 0.4) is 0 Å². The van der Waals surface area contributed by atoms with Crippen LogP contribution in [0, 0.1) is 0 Å². The van der Waals surface area contributed by atoms with E-state index in [4.69, 9.17) is 9.79 Å². The summed E-state index contributed by atoms with van der Waals surface area (Å²) in [7, 11) is -3.20. The van der Waals surface area contributed by atoms with Crippen molar-refractivity contribution in [3.8, 4) is 0 Å². The van der Waals surface area contributed by atoms with Crippen LogP contribution in [0.15, 0.2) is 0 Å². The molecule has 0 saturated heterocycles. The van der Waals surface area contributed by atoms with Gasteiger partial charge in [0.05, 0.1) is 0 Å². The molecule has 0 amide bonds. The van der Waals surface area contributed by atoms with Gasteiger partial charge in [0, 0.05) is 0 Å². The molecule has 2 N–H and O–H groups in total. The van der Waals surface area contributed by atoms with Crippen molar-refractivity contribution in [3.63, 3.8) is 0 Å². The van der Waals surface area contributed by atoms with E-state index in [1.807, 2.05) is 0 Å². The molecule has 0 bridgehead atoms. The molecule has 0 heterocycles. The standard InChI is InChI=1S/BH4O4P.Ga.3H/c1-5-6(2,3)4;;;;/h1H2,(H2,2,3,4);;;;.